The molecule has 0 spiro atoms. The van der Waals surface area contributed by atoms with Gasteiger partial charge in [-0.25, -0.2) is 0 Å². The maximum Gasteiger partial charge on any atom is 0.272 e. The van der Waals surface area contributed by atoms with E-state index < -0.39 is 11.8 Å². The summed E-state index contributed by atoms with van der Waals surface area (Å²) in [4.78, 5) is 63.8. The summed E-state index contributed by atoms with van der Waals surface area (Å²) in [6, 6.07) is 6.29. The molecule has 14 heteroatoms. The topological polar surface area (TPSA) is 164 Å². The van der Waals surface area contributed by atoms with Gasteiger partial charge in [0.15, 0.2) is 0 Å². The van der Waals surface area contributed by atoms with Gasteiger partial charge in [0.05, 0.1) is 11.4 Å². The fourth-order valence-electron chi connectivity index (χ4n) is 4.24. The van der Waals surface area contributed by atoms with E-state index in [0.29, 0.717) is 35.1 Å². The minimum Gasteiger partial charge on any atom is -0.356 e. The highest BCUT2D eigenvalue weighted by Crippen LogP contribution is 2.19. The van der Waals surface area contributed by atoms with Gasteiger partial charge in [0.1, 0.15) is 22.9 Å². The monoisotopic (exact) mass is 581 g/mol. The van der Waals surface area contributed by atoms with E-state index in [2.05, 4.69) is 26.6 Å². The lowest BCUT2D eigenvalue weighted by molar-refractivity contribution is -0.121. The Labute approximate surface area is 244 Å². The lowest BCUT2D eigenvalue weighted by Crippen LogP contribution is -2.32. The number of aryl methyl sites for hydroxylation is 2. The van der Waals surface area contributed by atoms with Crippen LogP contribution in [0.5, 0.6) is 0 Å². The molecule has 3 heterocycles. The third-order valence-electron chi connectivity index (χ3n) is 6.39. The van der Waals surface area contributed by atoms with Crippen LogP contribution in [0.4, 0.5) is 17.2 Å². The molecule has 42 heavy (non-hydrogen) atoms. The third-order valence-corrected chi connectivity index (χ3v) is 6.39. The van der Waals surface area contributed by atoms with Crippen LogP contribution >= 0.6 is 0 Å². The quantitative estimate of drug-likeness (QED) is 0.191. The van der Waals surface area contributed by atoms with Crippen LogP contribution in [-0.2, 0) is 30.7 Å². The number of nitrogens with zero attached hydrogens (tertiary/aromatic N) is 4. The zero-order valence-electron chi connectivity index (χ0n) is 24.8. The molecule has 0 aliphatic rings. The second kappa shape index (κ2) is 14.2. The van der Waals surface area contributed by atoms with Gasteiger partial charge in [0, 0.05) is 60.0 Å². The van der Waals surface area contributed by atoms with Crippen molar-refractivity contribution in [3.8, 4) is 0 Å². The number of hydrogen-bond donors (Lipinski definition) is 5. The first-order valence-electron chi connectivity index (χ1n) is 13.4. The summed E-state index contributed by atoms with van der Waals surface area (Å²) >= 11 is 0. The molecular formula is C28H39N9O5. The maximum atomic E-state index is 13.0. The Kier molecular flexibility index (Phi) is 10.7. The van der Waals surface area contributed by atoms with E-state index in [1.807, 2.05) is 19.0 Å². The Balaban J connectivity index is 1.54. The molecule has 0 saturated heterocycles. The third kappa shape index (κ3) is 8.57. The van der Waals surface area contributed by atoms with Crippen LogP contribution in [0.25, 0.3) is 0 Å². The first-order valence-corrected chi connectivity index (χ1v) is 13.4. The molecule has 0 unspecified atom stereocenters. The van der Waals surface area contributed by atoms with Crippen molar-refractivity contribution in [3.05, 3.63) is 53.7 Å². The van der Waals surface area contributed by atoms with Gasteiger partial charge in [-0.2, -0.15) is 0 Å². The molecule has 0 atom stereocenters. The zero-order valence-corrected chi connectivity index (χ0v) is 24.8. The van der Waals surface area contributed by atoms with E-state index in [0.717, 1.165) is 13.0 Å². The predicted octanol–water partition coefficient (Wildman–Crippen LogP) is 1.35. The van der Waals surface area contributed by atoms with Crippen molar-refractivity contribution >= 4 is 46.7 Å². The lowest BCUT2D eigenvalue weighted by atomic mass is 10.3. The average molecular weight is 582 g/mol. The smallest absolute Gasteiger partial charge is 0.272 e. The Hall–Kier alpha value is -4.85. The van der Waals surface area contributed by atoms with Gasteiger partial charge >= 0.3 is 0 Å². The van der Waals surface area contributed by atoms with Crippen molar-refractivity contribution in [3.63, 3.8) is 0 Å². The molecule has 3 aromatic rings. The molecule has 3 aromatic heterocycles. The van der Waals surface area contributed by atoms with Crippen LogP contribution in [-0.4, -0.2) is 81.9 Å². The molecule has 0 radical (unpaired) electrons. The summed E-state index contributed by atoms with van der Waals surface area (Å²) in [6.45, 7) is 3.02. The molecule has 14 nitrogen and oxygen atoms in total. The second-order valence-electron chi connectivity index (χ2n) is 10.2. The number of rotatable bonds is 13. The van der Waals surface area contributed by atoms with Gasteiger partial charge in [-0.3, -0.25) is 24.0 Å². The van der Waals surface area contributed by atoms with Crippen LogP contribution in [0.1, 0.15) is 51.2 Å². The van der Waals surface area contributed by atoms with Gasteiger partial charge in [-0.05, 0) is 51.3 Å². The maximum absolute atomic E-state index is 13.0. The summed E-state index contributed by atoms with van der Waals surface area (Å²) in [6.07, 6.45) is 4.22. The summed E-state index contributed by atoms with van der Waals surface area (Å²) < 4.78 is 4.71. The molecular weight excluding hydrogens is 542 g/mol. The van der Waals surface area contributed by atoms with Crippen LogP contribution in [0.15, 0.2) is 36.7 Å². The lowest BCUT2D eigenvalue weighted by Gasteiger charge is -2.10. The number of hydrogen-bond acceptors (Lipinski definition) is 6. The zero-order chi connectivity index (χ0) is 31.0. The molecule has 5 amide bonds. The minimum absolute atomic E-state index is 0.134. The van der Waals surface area contributed by atoms with E-state index in [-0.39, 0.29) is 36.4 Å². The first-order chi connectivity index (χ1) is 19.8. The highest BCUT2D eigenvalue weighted by Gasteiger charge is 2.19. The molecule has 226 valence electrons. The fourth-order valence-corrected chi connectivity index (χ4v) is 4.24. The van der Waals surface area contributed by atoms with Crippen molar-refractivity contribution in [2.75, 3.05) is 49.7 Å². The molecule has 0 aromatic carbocycles. The molecule has 0 fully saturated rings. The summed E-state index contributed by atoms with van der Waals surface area (Å²) in [5.74, 6) is -1.12. The summed E-state index contributed by atoms with van der Waals surface area (Å²) in [5, 5.41) is 13.7. The number of nitrogens with one attached hydrogen (secondary N) is 5. The first kappa shape index (κ1) is 31.7. The molecule has 0 bridgehead atoms. The van der Waals surface area contributed by atoms with Gasteiger partial charge in [0.25, 0.3) is 17.7 Å². The van der Waals surface area contributed by atoms with Crippen LogP contribution in [0, 0.1) is 0 Å². The van der Waals surface area contributed by atoms with Gasteiger partial charge < -0.3 is 45.2 Å². The van der Waals surface area contributed by atoms with Gasteiger partial charge in [0.2, 0.25) is 11.8 Å². The van der Waals surface area contributed by atoms with Crippen molar-refractivity contribution < 1.29 is 24.0 Å². The number of aromatic nitrogens is 3. The van der Waals surface area contributed by atoms with Crippen LogP contribution in [0.2, 0.25) is 0 Å². The highest BCUT2D eigenvalue weighted by molar-refractivity contribution is 6.07. The average Bonchev–Trinajstić information content (AvgIpc) is 3.57. The van der Waals surface area contributed by atoms with Crippen molar-refractivity contribution in [1.82, 2.24) is 29.2 Å². The number of carbonyl (C=O) groups is 5. The largest absolute Gasteiger partial charge is 0.356 e. The summed E-state index contributed by atoms with van der Waals surface area (Å²) in [7, 11) is 8.95. The second-order valence-corrected chi connectivity index (χ2v) is 10.2. The van der Waals surface area contributed by atoms with E-state index in [4.69, 9.17) is 0 Å². The summed E-state index contributed by atoms with van der Waals surface area (Å²) in [5.41, 5.74) is 1.74. The Morgan fingerprint density at radius 1 is 0.738 bits per heavy atom. The SMILES string of the molecule is CC(=O)Nc1ccc(C(=O)Nc2cc(C(=O)Nc3cc(C(=O)NCCC(=O)NCCCN(C)C)n(C)c3)n(C)c2)n1C. The van der Waals surface area contributed by atoms with E-state index in [1.54, 1.807) is 65.4 Å². The van der Waals surface area contributed by atoms with Crippen molar-refractivity contribution in [2.24, 2.45) is 21.1 Å². The normalized spacial score (nSPS) is 10.8. The van der Waals surface area contributed by atoms with Crippen LogP contribution < -0.4 is 26.6 Å². The number of anilines is 3. The molecule has 3 rings (SSSR count). The highest BCUT2D eigenvalue weighted by atomic mass is 16.2. The standard InChI is InChI=1S/C28H39N9O5/c1-18(38)31-24-9-8-21(37(24)6)27(41)32-20-15-23(36(5)17-20)28(42)33-19-14-22(35(4)16-19)26(40)30-12-10-25(39)29-11-7-13-34(2)3/h8-9,14-17H,7,10-13H2,1-6H3,(H,29,39)(H,30,40)(H,31,38)(H,32,41)(H,33,42). The van der Waals surface area contributed by atoms with E-state index in [9.17, 15) is 24.0 Å². The van der Waals surface area contributed by atoms with Crippen molar-refractivity contribution in [1.29, 1.82) is 0 Å². The van der Waals surface area contributed by atoms with Gasteiger partial charge in [-0.15, -0.1) is 0 Å². The molecule has 0 aliphatic carbocycles. The Morgan fingerprint density at radius 2 is 1.31 bits per heavy atom. The number of carbonyl (C=O) groups excluding carboxylic acids is 5. The molecule has 5 N–H and O–H groups in total. The van der Waals surface area contributed by atoms with E-state index in [1.165, 1.54) is 13.0 Å². The van der Waals surface area contributed by atoms with Crippen molar-refractivity contribution in [2.45, 2.75) is 19.8 Å². The van der Waals surface area contributed by atoms with Gasteiger partial charge in [-0.1, -0.05) is 0 Å². The fraction of sp³-hybridized carbons (Fsp3) is 0.393. The minimum atomic E-state index is -0.437. The Morgan fingerprint density at radius 3 is 1.88 bits per heavy atom. The molecule has 0 saturated carbocycles. The van der Waals surface area contributed by atoms with E-state index >= 15 is 0 Å². The Bertz CT molecular complexity index is 1460. The predicted molar refractivity (Wildman–Crippen MR) is 160 cm³/mol. The number of amides is 5. The van der Waals surface area contributed by atoms with Crippen LogP contribution in [0.3, 0.4) is 0 Å². The molecule has 0 aliphatic heterocycles.